The van der Waals surface area contributed by atoms with Gasteiger partial charge in [-0.3, -0.25) is 4.79 Å². The van der Waals surface area contributed by atoms with Crippen LogP contribution in [0.3, 0.4) is 0 Å². The number of para-hydroxylation sites is 1. The molecule has 1 aromatic rings. The van der Waals surface area contributed by atoms with E-state index in [0.717, 1.165) is 44.1 Å². The lowest BCUT2D eigenvalue weighted by Crippen LogP contribution is -2.50. The predicted molar refractivity (Wildman–Crippen MR) is 80.7 cm³/mol. The zero-order valence-electron chi connectivity index (χ0n) is 11.1. The number of carbonyl (C=O) groups excluding carboxylic acids is 1. The number of benzene rings is 1. The first kappa shape index (κ1) is 12.9. The van der Waals surface area contributed by atoms with E-state index < -0.39 is 0 Å². The lowest BCUT2D eigenvalue weighted by molar-refractivity contribution is -0.135. The lowest BCUT2D eigenvalue weighted by atomic mass is 10.1. The summed E-state index contributed by atoms with van der Waals surface area (Å²) in [7, 11) is 0. The van der Waals surface area contributed by atoms with Crippen molar-refractivity contribution < 1.29 is 4.79 Å². The van der Waals surface area contributed by atoms with Crippen molar-refractivity contribution in [2.24, 2.45) is 5.92 Å². The third-order valence-electron chi connectivity index (χ3n) is 3.99. The lowest BCUT2D eigenvalue weighted by Gasteiger charge is -2.37. The molecule has 0 spiro atoms. The van der Waals surface area contributed by atoms with Gasteiger partial charge in [-0.05, 0) is 24.3 Å². The SMILES string of the molecule is O=C(C1CCSC1)N1CCN(c2ccccc2)CC1. The number of hydrogen-bond acceptors (Lipinski definition) is 3. The molecular weight excluding hydrogens is 256 g/mol. The monoisotopic (exact) mass is 276 g/mol. The average molecular weight is 276 g/mol. The molecule has 3 nitrogen and oxygen atoms in total. The molecule has 2 heterocycles. The highest BCUT2D eigenvalue weighted by Gasteiger charge is 2.29. The van der Waals surface area contributed by atoms with Gasteiger partial charge in [0.05, 0.1) is 0 Å². The first-order valence-corrected chi connectivity index (χ1v) is 8.16. The maximum Gasteiger partial charge on any atom is 0.226 e. The Morgan fingerprint density at radius 3 is 2.47 bits per heavy atom. The minimum atomic E-state index is 0.285. The van der Waals surface area contributed by atoms with Gasteiger partial charge in [0.2, 0.25) is 5.91 Å². The van der Waals surface area contributed by atoms with Crippen LogP contribution >= 0.6 is 11.8 Å². The summed E-state index contributed by atoms with van der Waals surface area (Å²) in [4.78, 5) is 16.8. The van der Waals surface area contributed by atoms with Crippen LogP contribution in [0.2, 0.25) is 0 Å². The molecule has 0 aromatic heterocycles. The van der Waals surface area contributed by atoms with E-state index >= 15 is 0 Å². The molecule has 1 aromatic carbocycles. The highest BCUT2D eigenvalue weighted by molar-refractivity contribution is 7.99. The number of piperazine rings is 1. The number of hydrogen-bond donors (Lipinski definition) is 0. The Morgan fingerprint density at radius 1 is 1.11 bits per heavy atom. The van der Waals surface area contributed by atoms with Crippen molar-refractivity contribution in [1.82, 2.24) is 4.90 Å². The van der Waals surface area contributed by atoms with Crippen molar-refractivity contribution in [2.45, 2.75) is 6.42 Å². The molecule has 19 heavy (non-hydrogen) atoms. The molecule has 0 saturated carbocycles. The van der Waals surface area contributed by atoms with Crippen LogP contribution in [0.5, 0.6) is 0 Å². The normalized spacial score (nSPS) is 23.7. The Hall–Kier alpha value is -1.16. The summed E-state index contributed by atoms with van der Waals surface area (Å²) in [6.07, 6.45) is 1.07. The zero-order valence-corrected chi connectivity index (χ0v) is 11.9. The van der Waals surface area contributed by atoms with Crippen LogP contribution in [0.4, 0.5) is 5.69 Å². The molecule has 0 aliphatic carbocycles. The average Bonchev–Trinajstić information content (AvgIpc) is 3.02. The first-order valence-electron chi connectivity index (χ1n) is 7.01. The van der Waals surface area contributed by atoms with Crippen LogP contribution in [0.15, 0.2) is 30.3 Å². The van der Waals surface area contributed by atoms with E-state index in [9.17, 15) is 4.79 Å². The summed E-state index contributed by atoms with van der Waals surface area (Å²) < 4.78 is 0. The quantitative estimate of drug-likeness (QED) is 0.826. The molecule has 0 N–H and O–H groups in total. The summed E-state index contributed by atoms with van der Waals surface area (Å²) >= 11 is 1.91. The van der Waals surface area contributed by atoms with Gasteiger partial charge in [-0.15, -0.1) is 0 Å². The number of thioether (sulfide) groups is 1. The van der Waals surface area contributed by atoms with Gasteiger partial charge in [0, 0.05) is 43.5 Å². The van der Waals surface area contributed by atoms with E-state index in [4.69, 9.17) is 0 Å². The second kappa shape index (κ2) is 5.87. The van der Waals surface area contributed by atoms with Gasteiger partial charge in [-0.25, -0.2) is 0 Å². The fourth-order valence-corrected chi connectivity index (χ4v) is 4.02. The van der Waals surface area contributed by atoms with E-state index in [1.54, 1.807) is 0 Å². The van der Waals surface area contributed by atoms with Crippen molar-refractivity contribution >= 4 is 23.4 Å². The van der Waals surface area contributed by atoms with Gasteiger partial charge in [0.25, 0.3) is 0 Å². The summed E-state index contributed by atoms with van der Waals surface area (Å²) in [5.41, 5.74) is 1.27. The largest absolute Gasteiger partial charge is 0.368 e. The zero-order chi connectivity index (χ0) is 13.1. The predicted octanol–water partition coefficient (Wildman–Crippen LogP) is 2.09. The third-order valence-corrected chi connectivity index (χ3v) is 5.15. The molecule has 1 atom stereocenters. The first-order chi connectivity index (χ1) is 9.34. The van der Waals surface area contributed by atoms with Crippen LogP contribution in [0.1, 0.15) is 6.42 Å². The molecule has 0 radical (unpaired) electrons. The van der Waals surface area contributed by atoms with Crippen molar-refractivity contribution in [2.75, 3.05) is 42.6 Å². The van der Waals surface area contributed by atoms with E-state index in [0.29, 0.717) is 5.91 Å². The van der Waals surface area contributed by atoms with Crippen molar-refractivity contribution in [3.63, 3.8) is 0 Å². The summed E-state index contributed by atoms with van der Waals surface area (Å²) in [6, 6.07) is 10.5. The summed E-state index contributed by atoms with van der Waals surface area (Å²) in [5, 5.41) is 0. The van der Waals surface area contributed by atoms with Gasteiger partial charge >= 0.3 is 0 Å². The number of nitrogens with zero attached hydrogens (tertiary/aromatic N) is 2. The van der Waals surface area contributed by atoms with Gasteiger partial charge < -0.3 is 9.80 Å². The molecule has 2 fully saturated rings. The van der Waals surface area contributed by atoms with E-state index in [-0.39, 0.29) is 5.92 Å². The Kier molecular flexibility index (Phi) is 3.97. The minimum absolute atomic E-state index is 0.285. The number of carbonyl (C=O) groups is 1. The van der Waals surface area contributed by atoms with Crippen LogP contribution in [-0.4, -0.2) is 48.5 Å². The summed E-state index contributed by atoms with van der Waals surface area (Å²) in [6.45, 7) is 3.65. The van der Waals surface area contributed by atoms with E-state index in [2.05, 4.69) is 34.1 Å². The maximum atomic E-state index is 12.3. The van der Waals surface area contributed by atoms with Crippen molar-refractivity contribution in [3.05, 3.63) is 30.3 Å². The molecule has 2 saturated heterocycles. The van der Waals surface area contributed by atoms with Gasteiger partial charge in [0.1, 0.15) is 0 Å². The fourth-order valence-electron chi connectivity index (χ4n) is 2.81. The molecule has 0 bridgehead atoms. The molecule has 4 heteroatoms. The molecule has 1 unspecified atom stereocenters. The molecule has 2 aliphatic heterocycles. The Bertz CT molecular complexity index is 423. The van der Waals surface area contributed by atoms with Crippen LogP contribution in [0.25, 0.3) is 0 Å². The Balaban J connectivity index is 1.56. The van der Waals surface area contributed by atoms with Gasteiger partial charge in [-0.2, -0.15) is 11.8 Å². The second-order valence-electron chi connectivity index (χ2n) is 5.21. The molecule has 1 amide bonds. The Labute approximate surface area is 119 Å². The summed E-state index contributed by atoms with van der Waals surface area (Å²) in [5.74, 6) is 2.85. The fraction of sp³-hybridized carbons (Fsp3) is 0.533. The third kappa shape index (κ3) is 2.89. The standard InChI is InChI=1S/C15H20N2OS/c18-15(13-6-11-19-12-13)17-9-7-16(8-10-17)14-4-2-1-3-5-14/h1-5,13H,6-12H2. The highest BCUT2D eigenvalue weighted by Crippen LogP contribution is 2.26. The maximum absolute atomic E-state index is 12.3. The topological polar surface area (TPSA) is 23.6 Å². The van der Waals surface area contributed by atoms with Crippen LogP contribution in [0, 0.1) is 5.92 Å². The molecule has 2 aliphatic rings. The smallest absolute Gasteiger partial charge is 0.226 e. The minimum Gasteiger partial charge on any atom is -0.368 e. The van der Waals surface area contributed by atoms with Crippen molar-refractivity contribution in [1.29, 1.82) is 0 Å². The number of amides is 1. The van der Waals surface area contributed by atoms with Crippen LogP contribution in [-0.2, 0) is 4.79 Å². The molecule has 3 rings (SSSR count). The highest BCUT2D eigenvalue weighted by atomic mass is 32.2. The Morgan fingerprint density at radius 2 is 1.84 bits per heavy atom. The number of anilines is 1. The second-order valence-corrected chi connectivity index (χ2v) is 6.36. The van der Waals surface area contributed by atoms with Gasteiger partial charge in [0.15, 0.2) is 0 Å². The van der Waals surface area contributed by atoms with Gasteiger partial charge in [-0.1, -0.05) is 18.2 Å². The van der Waals surface area contributed by atoms with Crippen LogP contribution < -0.4 is 4.90 Å². The molecular formula is C15H20N2OS. The number of rotatable bonds is 2. The van der Waals surface area contributed by atoms with Crippen molar-refractivity contribution in [3.8, 4) is 0 Å². The van der Waals surface area contributed by atoms with E-state index in [1.165, 1.54) is 5.69 Å². The molecule has 102 valence electrons. The van der Waals surface area contributed by atoms with E-state index in [1.807, 2.05) is 17.8 Å².